The summed E-state index contributed by atoms with van der Waals surface area (Å²) in [6.45, 7) is 2.86. The van der Waals surface area contributed by atoms with E-state index in [0.29, 0.717) is 24.8 Å². The smallest absolute Gasteiger partial charge is 0.250 e. The van der Waals surface area contributed by atoms with Gasteiger partial charge in [0.25, 0.3) is 5.56 Å². The zero-order valence-electron chi connectivity index (χ0n) is 12.9. The number of rotatable bonds is 5. The van der Waals surface area contributed by atoms with Crippen molar-refractivity contribution in [1.29, 1.82) is 0 Å². The molecule has 0 atom stereocenters. The number of nitrogens with zero attached hydrogens (tertiary/aromatic N) is 4. The van der Waals surface area contributed by atoms with Gasteiger partial charge >= 0.3 is 0 Å². The summed E-state index contributed by atoms with van der Waals surface area (Å²) in [6, 6.07) is 5.14. The molecule has 0 saturated carbocycles. The first-order valence-electron chi connectivity index (χ1n) is 7.86. The standard InChI is InChI=1S/C16H22N4O2/c1-19-9-5-13(6-10-19)12-14-17-15(22-18-14)7-11-20-8-3-2-4-16(20)21/h2-4,8,13H,5-7,9-12H2,1H3. The van der Waals surface area contributed by atoms with Crippen LogP contribution in [0.2, 0.25) is 0 Å². The second-order valence-electron chi connectivity index (χ2n) is 6.04. The summed E-state index contributed by atoms with van der Waals surface area (Å²) >= 11 is 0. The van der Waals surface area contributed by atoms with Crippen LogP contribution in [0.25, 0.3) is 0 Å². The molecule has 0 amide bonds. The van der Waals surface area contributed by atoms with E-state index < -0.39 is 0 Å². The van der Waals surface area contributed by atoms with E-state index in [1.807, 2.05) is 6.07 Å². The summed E-state index contributed by atoms with van der Waals surface area (Å²) in [5.74, 6) is 2.06. The molecule has 1 fully saturated rings. The van der Waals surface area contributed by atoms with Gasteiger partial charge in [-0.1, -0.05) is 11.2 Å². The van der Waals surface area contributed by atoms with E-state index >= 15 is 0 Å². The van der Waals surface area contributed by atoms with Crippen LogP contribution >= 0.6 is 0 Å². The van der Waals surface area contributed by atoms with E-state index in [9.17, 15) is 4.79 Å². The lowest BCUT2D eigenvalue weighted by Crippen LogP contribution is -2.31. The maximum atomic E-state index is 11.6. The van der Waals surface area contributed by atoms with Gasteiger partial charge in [0, 0.05) is 31.6 Å². The first-order chi connectivity index (χ1) is 10.7. The van der Waals surface area contributed by atoms with Crippen molar-refractivity contribution in [2.45, 2.75) is 32.2 Å². The lowest BCUT2D eigenvalue weighted by atomic mass is 9.94. The van der Waals surface area contributed by atoms with E-state index in [2.05, 4.69) is 22.1 Å². The lowest BCUT2D eigenvalue weighted by molar-refractivity contribution is 0.216. The highest BCUT2D eigenvalue weighted by atomic mass is 16.5. The van der Waals surface area contributed by atoms with E-state index in [1.165, 1.54) is 12.8 Å². The number of aromatic nitrogens is 3. The van der Waals surface area contributed by atoms with Gasteiger partial charge in [-0.15, -0.1) is 0 Å². The normalized spacial score (nSPS) is 17.0. The molecule has 3 rings (SSSR count). The second kappa shape index (κ2) is 6.87. The average Bonchev–Trinajstić information content (AvgIpc) is 2.96. The third-order valence-electron chi connectivity index (χ3n) is 4.29. The van der Waals surface area contributed by atoms with Crippen LogP contribution < -0.4 is 5.56 Å². The predicted molar refractivity (Wildman–Crippen MR) is 82.6 cm³/mol. The van der Waals surface area contributed by atoms with Crippen LogP contribution in [-0.4, -0.2) is 39.7 Å². The molecule has 0 radical (unpaired) electrons. The van der Waals surface area contributed by atoms with Crippen LogP contribution in [0.3, 0.4) is 0 Å². The predicted octanol–water partition coefficient (Wildman–Crippen LogP) is 1.36. The Bertz CT molecular complexity index is 656. The molecule has 2 aromatic heterocycles. The maximum Gasteiger partial charge on any atom is 0.250 e. The highest BCUT2D eigenvalue weighted by Crippen LogP contribution is 2.19. The molecule has 0 bridgehead atoms. The average molecular weight is 302 g/mol. The third kappa shape index (κ3) is 3.82. The van der Waals surface area contributed by atoms with Crippen LogP contribution in [0, 0.1) is 5.92 Å². The van der Waals surface area contributed by atoms with Crippen molar-refractivity contribution in [1.82, 2.24) is 19.6 Å². The number of hydrogen-bond acceptors (Lipinski definition) is 5. The molecule has 1 saturated heterocycles. The third-order valence-corrected chi connectivity index (χ3v) is 4.29. The Morgan fingerprint density at radius 1 is 1.32 bits per heavy atom. The molecule has 22 heavy (non-hydrogen) atoms. The Kier molecular flexibility index (Phi) is 4.68. The number of hydrogen-bond donors (Lipinski definition) is 0. The topological polar surface area (TPSA) is 64.2 Å². The first kappa shape index (κ1) is 15.0. The van der Waals surface area contributed by atoms with Gasteiger partial charge in [0.1, 0.15) is 0 Å². The highest BCUT2D eigenvalue weighted by Gasteiger charge is 2.19. The van der Waals surface area contributed by atoms with Crippen LogP contribution in [-0.2, 0) is 19.4 Å². The quantitative estimate of drug-likeness (QED) is 0.834. The minimum atomic E-state index is -0.00596. The second-order valence-corrected chi connectivity index (χ2v) is 6.04. The largest absolute Gasteiger partial charge is 0.339 e. The van der Waals surface area contributed by atoms with E-state index in [1.54, 1.807) is 22.9 Å². The van der Waals surface area contributed by atoms with E-state index in [-0.39, 0.29) is 5.56 Å². The Morgan fingerprint density at radius 3 is 2.91 bits per heavy atom. The Morgan fingerprint density at radius 2 is 2.14 bits per heavy atom. The zero-order valence-corrected chi connectivity index (χ0v) is 12.9. The Labute approximate surface area is 129 Å². The van der Waals surface area contributed by atoms with Crippen molar-refractivity contribution in [2.75, 3.05) is 20.1 Å². The number of aryl methyl sites for hydroxylation is 2. The summed E-state index contributed by atoms with van der Waals surface area (Å²) in [6.07, 6.45) is 5.64. The highest BCUT2D eigenvalue weighted by molar-refractivity contribution is 4.94. The monoisotopic (exact) mass is 302 g/mol. The SMILES string of the molecule is CN1CCC(Cc2noc(CCn3ccccc3=O)n2)CC1. The molecule has 0 aliphatic carbocycles. The summed E-state index contributed by atoms with van der Waals surface area (Å²) < 4.78 is 6.96. The molecule has 3 heterocycles. The van der Waals surface area contributed by atoms with Crippen LogP contribution in [0.5, 0.6) is 0 Å². The molecule has 1 aliphatic heterocycles. The summed E-state index contributed by atoms with van der Waals surface area (Å²) in [5, 5.41) is 4.08. The van der Waals surface area contributed by atoms with Gasteiger partial charge in [-0.3, -0.25) is 4.79 Å². The fourth-order valence-electron chi connectivity index (χ4n) is 2.86. The first-order valence-corrected chi connectivity index (χ1v) is 7.86. The number of piperidine rings is 1. The van der Waals surface area contributed by atoms with Gasteiger partial charge in [-0.2, -0.15) is 4.98 Å². The molecular formula is C16H22N4O2. The van der Waals surface area contributed by atoms with Crippen LogP contribution in [0.15, 0.2) is 33.7 Å². The molecule has 0 spiro atoms. The number of likely N-dealkylation sites (tertiary alicyclic amines) is 1. The molecule has 6 heteroatoms. The number of pyridine rings is 1. The van der Waals surface area contributed by atoms with Gasteiger partial charge in [0.15, 0.2) is 5.82 Å². The maximum absolute atomic E-state index is 11.6. The fraction of sp³-hybridized carbons (Fsp3) is 0.562. The molecule has 2 aromatic rings. The van der Waals surface area contributed by atoms with Crippen LogP contribution in [0.1, 0.15) is 24.6 Å². The van der Waals surface area contributed by atoms with Crippen molar-refractivity contribution in [2.24, 2.45) is 5.92 Å². The van der Waals surface area contributed by atoms with Gasteiger partial charge in [0.05, 0.1) is 0 Å². The van der Waals surface area contributed by atoms with Crippen molar-refractivity contribution in [3.05, 3.63) is 46.5 Å². The summed E-state index contributed by atoms with van der Waals surface area (Å²) in [7, 11) is 2.16. The van der Waals surface area contributed by atoms with Gasteiger partial charge in [0.2, 0.25) is 5.89 Å². The van der Waals surface area contributed by atoms with Crippen LogP contribution in [0.4, 0.5) is 0 Å². The molecule has 0 N–H and O–H groups in total. The Hall–Kier alpha value is -1.95. The molecule has 0 aromatic carbocycles. The van der Waals surface area contributed by atoms with Crippen molar-refractivity contribution in [3.8, 4) is 0 Å². The Balaban J connectivity index is 1.53. The van der Waals surface area contributed by atoms with Crippen molar-refractivity contribution >= 4 is 0 Å². The van der Waals surface area contributed by atoms with E-state index in [0.717, 1.165) is 25.3 Å². The zero-order chi connectivity index (χ0) is 15.4. The minimum absolute atomic E-state index is 0.00596. The van der Waals surface area contributed by atoms with E-state index in [4.69, 9.17) is 4.52 Å². The molecular weight excluding hydrogens is 280 g/mol. The molecule has 6 nitrogen and oxygen atoms in total. The summed E-state index contributed by atoms with van der Waals surface area (Å²) in [4.78, 5) is 18.4. The lowest BCUT2D eigenvalue weighted by Gasteiger charge is -2.28. The summed E-state index contributed by atoms with van der Waals surface area (Å²) in [5.41, 5.74) is -0.00596. The van der Waals surface area contributed by atoms with Gasteiger partial charge < -0.3 is 14.0 Å². The van der Waals surface area contributed by atoms with Gasteiger partial charge in [-0.25, -0.2) is 0 Å². The minimum Gasteiger partial charge on any atom is -0.339 e. The van der Waals surface area contributed by atoms with Gasteiger partial charge in [-0.05, 0) is 45.0 Å². The molecule has 0 unspecified atom stereocenters. The van der Waals surface area contributed by atoms with Crippen molar-refractivity contribution < 1.29 is 4.52 Å². The molecule has 118 valence electrons. The molecule has 1 aliphatic rings. The van der Waals surface area contributed by atoms with Crippen molar-refractivity contribution in [3.63, 3.8) is 0 Å². The fourth-order valence-corrected chi connectivity index (χ4v) is 2.86.